The van der Waals surface area contributed by atoms with E-state index in [4.69, 9.17) is 4.74 Å². The molecule has 7 nitrogen and oxygen atoms in total. The molecule has 0 spiro atoms. The molecule has 0 aromatic heterocycles. The highest BCUT2D eigenvalue weighted by Gasteiger charge is 2.33. The summed E-state index contributed by atoms with van der Waals surface area (Å²) in [5, 5.41) is 0. The normalized spacial score (nSPS) is 19.1. The predicted molar refractivity (Wildman–Crippen MR) is 84.3 cm³/mol. The molecule has 2 N–H and O–H groups in total. The van der Waals surface area contributed by atoms with Gasteiger partial charge in [-0.05, 0) is 25.0 Å². The number of benzene rings is 1. The Morgan fingerprint density at radius 1 is 1.26 bits per heavy atom. The Hall–Kier alpha value is -2.09. The van der Waals surface area contributed by atoms with Crippen molar-refractivity contribution in [2.45, 2.75) is 19.8 Å². The molecule has 1 fully saturated rings. The van der Waals surface area contributed by atoms with Gasteiger partial charge in [0.15, 0.2) is 9.84 Å². The zero-order valence-corrected chi connectivity index (χ0v) is 13.7. The van der Waals surface area contributed by atoms with Crippen LogP contribution in [0.5, 0.6) is 5.75 Å². The van der Waals surface area contributed by atoms with Crippen molar-refractivity contribution in [2.24, 2.45) is 5.92 Å². The quantitative estimate of drug-likeness (QED) is 0.753. The highest BCUT2D eigenvalue weighted by atomic mass is 32.2. The number of ether oxygens (including phenoxy) is 1. The standard InChI is InChI=1S/C15H20N2O5S/c1-11-4-2-3-5-13(11)22-8-6-14(18)16-17-15(19)12-7-9-23(20,21)10-12/h2-5,12H,6-10H2,1H3,(H,16,18)(H,17,19)/t12-/m1/s1. The molecule has 1 saturated heterocycles. The summed E-state index contributed by atoms with van der Waals surface area (Å²) in [5.41, 5.74) is 5.51. The van der Waals surface area contributed by atoms with Crippen molar-refractivity contribution in [3.05, 3.63) is 29.8 Å². The van der Waals surface area contributed by atoms with E-state index in [2.05, 4.69) is 10.9 Å². The van der Waals surface area contributed by atoms with Gasteiger partial charge >= 0.3 is 0 Å². The zero-order chi connectivity index (χ0) is 16.9. The number of carbonyl (C=O) groups excluding carboxylic acids is 2. The molecular weight excluding hydrogens is 320 g/mol. The number of hydrogen-bond acceptors (Lipinski definition) is 5. The van der Waals surface area contributed by atoms with E-state index in [0.29, 0.717) is 12.2 Å². The Labute approximate surface area is 135 Å². The molecular formula is C15H20N2O5S. The first-order chi connectivity index (χ1) is 10.9. The number of carbonyl (C=O) groups is 2. The van der Waals surface area contributed by atoms with E-state index in [1.807, 2.05) is 31.2 Å². The van der Waals surface area contributed by atoms with Crippen molar-refractivity contribution >= 4 is 21.7 Å². The Morgan fingerprint density at radius 2 is 2.00 bits per heavy atom. The van der Waals surface area contributed by atoms with Crippen LogP contribution in [0.15, 0.2) is 24.3 Å². The van der Waals surface area contributed by atoms with Gasteiger partial charge in [0.2, 0.25) is 11.8 Å². The van der Waals surface area contributed by atoms with Gasteiger partial charge in [0.1, 0.15) is 5.75 Å². The Kier molecular flexibility index (Phi) is 5.59. The SMILES string of the molecule is Cc1ccccc1OCCC(=O)NNC(=O)[C@@H]1CCS(=O)(=O)C1. The number of para-hydroxylation sites is 1. The molecule has 1 aliphatic rings. The maximum atomic E-state index is 11.8. The number of hydrogen-bond donors (Lipinski definition) is 2. The van der Waals surface area contributed by atoms with Crippen LogP contribution in [0.3, 0.4) is 0 Å². The second kappa shape index (κ2) is 7.45. The number of aryl methyl sites for hydroxylation is 1. The predicted octanol–water partition coefficient (Wildman–Crippen LogP) is 0.346. The topological polar surface area (TPSA) is 102 Å². The van der Waals surface area contributed by atoms with Gasteiger partial charge in [-0.1, -0.05) is 18.2 Å². The molecule has 2 amide bonds. The van der Waals surface area contributed by atoms with Gasteiger partial charge in [-0.3, -0.25) is 20.4 Å². The van der Waals surface area contributed by atoms with Crippen molar-refractivity contribution in [3.63, 3.8) is 0 Å². The van der Waals surface area contributed by atoms with Gasteiger partial charge in [0.05, 0.1) is 30.5 Å². The largest absolute Gasteiger partial charge is 0.493 e. The minimum atomic E-state index is -3.12. The van der Waals surface area contributed by atoms with Crippen LogP contribution in [0.4, 0.5) is 0 Å². The van der Waals surface area contributed by atoms with Crippen LogP contribution >= 0.6 is 0 Å². The lowest BCUT2D eigenvalue weighted by Crippen LogP contribution is -2.45. The van der Waals surface area contributed by atoms with Crippen LogP contribution in [-0.4, -0.2) is 38.3 Å². The highest BCUT2D eigenvalue weighted by Crippen LogP contribution is 2.18. The maximum absolute atomic E-state index is 11.8. The summed E-state index contributed by atoms with van der Waals surface area (Å²) in [6.45, 7) is 2.09. The first-order valence-electron chi connectivity index (χ1n) is 7.35. The smallest absolute Gasteiger partial charge is 0.242 e. The van der Waals surface area contributed by atoms with E-state index in [1.54, 1.807) is 0 Å². The summed E-state index contributed by atoms with van der Waals surface area (Å²) in [6, 6.07) is 7.47. The van der Waals surface area contributed by atoms with E-state index in [0.717, 1.165) is 5.56 Å². The van der Waals surface area contributed by atoms with Crippen LogP contribution in [0.25, 0.3) is 0 Å². The van der Waals surface area contributed by atoms with Crippen LogP contribution in [0.2, 0.25) is 0 Å². The second-order valence-corrected chi connectivity index (χ2v) is 7.73. The Balaban J connectivity index is 1.67. The number of hydrazine groups is 1. The minimum Gasteiger partial charge on any atom is -0.493 e. The van der Waals surface area contributed by atoms with Gasteiger partial charge in [-0.25, -0.2) is 8.42 Å². The minimum absolute atomic E-state index is 0.0172. The number of amides is 2. The second-order valence-electron chi connectivity index (χ2n) is 5.50. The molecule has 0 unspecified atom stereocenters. The van der Waals surface area contributed by atoms with Crippen LogP contribution < -0.4 is 15.6 Å². The lowest BCUT2D eigenvalue weighted by atomic mass is 10.1. The number of sulfone groups is 1. The van der Waals surface area contributed by atoms with Crippen LogP contribution in [0, 0.1) is 12.8 Å². The lowest BCUT2D eigenvalue weighted by molar-refractivity contribution is -0.131. The van der Waals surface area contributed by atoms with Gasteiger partial charge in [0.25, 0.3) is 0 Å². The molecule has 0 radical (unpaired) electrons. The summed E-state index contributed by atoms with van der Waals surface area (Å²) in [5.74, 6) is -0.898. The number of rotatable bonds is 5. The van der Waals surface area contributed by atoms with Crippen LogP contribution in [-0.2, 0) is 19.4 Å². The molecule has 1 aliphatic heterocycles. The zero-order valence-electron chi connectivity index (χ0n) is 12.9. The third-order valence-corrected chi connectivity index (χ3v) is 5.38. The van der Waals surface area contributed by atoms with Gasteiger partial charge in [-0.15, -0.1) is 0 Å². The molecule has 2 rings (SSSR count). The monoisotopic (exact) mass is 340 g/mol. The fraction of sp³-hybridized carbons (Fsp3) is 0.467. The lowest BCUT2D eigenvalue weighted by Gasteiger charge is -2.11. The van der Waals surface area contributed by atoms with Crippen molar-refractivity contribution in [1.29, 1.82) is 0 Å². The third kappa shape index (κ3) is 5.24. The van der Waals surface area contributed by atoms with Gasteiger partial charge < -0.3 is 4.74 Å². The van der Waals surface area contributed by atoms with Crippen molar-refractivity contribution in [3.8, 4) is 5.75 Å². The average molecular weight is 340 g/mol. The van der Waals surface area contributed by atoms with E-state index < -0.39 is 27.6 Å². The highest BCUT2D eigenvalue weighted by molar-refractivity contribution is 7.91. The average Bonchev–Trinajstić information content (AvgIpc) is 2.87. The molecule has 0 aliphatic carbocycles. The van der Waals surface area contributed by atoms with E-state index in [1.165, 1.54) is 0 Å². The molecule has 1 atom stereocenters. The molecule has 1 aromatic carbocycles. The molecule has 0 saturated carbocycles. The molecule has 23 heavy (non-hydrogen) atoms. The third-order valence-electron chi connectivity index (χ3n) is 3.61. The Bertz CT molecular complexity index is 687. The summed E-state index contributed by atoms with van der Waals surface area (Å²) in [7, 11) is -3.12. The summed E-state index contributed by atoms with van der Waals surface area (Å²) < 4.78 is 28.1. The van der Waals surface area contributed by atoms with Crippen molar-refractivity contribution < 1.29 is 22.7 Å². The summed E-state index contributed by atoms with van der Waals surface area (Å²) in [4.78, 5) is 23.4. The first-order valence-corrected chi connectivity index (χ1v) is 9.17. The van der Waals surface area contributed by atoms with Gasteiger partial charge in [-0.2, -0.15) is 0 Å². The van der Waals surface area contributed by atoms with E-state index >= 15 is 0 Å². The molecule has 0 bridgehead atoms. The molecule has 1 aromatic rings. The fourth-order valence-electron chi connectivity index (χ4n) is 2.27. The van der Waals surface area contributed by atoms with Crippen LogP contribution in [0.1, 0.15) is 18.4 Å². The van der Waals surface area contributed by atoms with Crippen molar-refractivity contribution in [1.82, 2.24) is 10.9 Å². The van der Waals surface area contributed by atoms with E-state index in [9.17, 15) is 18.0 Å². The Morgan fingerprint density at radius 3 is 2.65 bits per heavy atom. The van der Waals surface area contributed by atoms with Crippen molar-refractivity contribution in [2.75, 3.05) is 18.1 Å². The first kappa shape index (κ1) is 17.3. The molecule has 1 heterocycles. The fourth-order valence-corrected chi connectivity index (χ4v) is 4.01. The van der Waals surface area contributed by atoms with E-state index in [-0.39, 0.29) is 24.5 Å². The number of nitrogens with one attached hydrogen (secondary N) is 2. The van der Waals surface area contributed by atoms with Gasteiger partial charge in [0, 0.05) is 0 Å². The maximum Gasteiger partial charge on any atom is 0.242 e. The molecule has 8 heteroatoms. The molecule has 126 valence electrons. The summed E-state index contributed by atoms with van der Waals surface area (Å²) >= 11 is 0. The summed E-state index contributed by atoms with van der Waals surface area (Å²) in [6.07, 6.45) is 0.373.